The molecule has 0 bridgehead atoms. The Balaban J connectivity index is 1.36. The lowest BCUT2D eigenvalue weighted by Gasteiger charge is -2.22. The van der Waals surface area contributed by atoms with Crippen LogP contribution in [0.1, 0.15) is 39.8 Å². The average Bonchev–Trinajstić information content (AvgIpc) is 3.50. The smallest absolute Gasteiger partial charge is 0.261 e. The fourth-order valence-electron chi connectivity index (χ4n) is 3.32. The number of hydrogen-bond donors (Lipinski definition) is 2. The van der Waals surface area contributed by atoms with Gasteiger partial charge in [0, 0.05) is 23.2 Å². The number of hydrogen-bond acceptors (Lipinski definition) is 6. The second-order valence-corrected chi connectivity index (χ2v) is 8.45. The van der Waals surface area contributed by atoms with Crippen LogP contribution in [-0.4, -0.2) is 27.8 Å². The van der Waals surface area contributed by atoms with E-state index in [1.54, 1.807) is 18.4 Å². The highest BCUT2D eigenvalue weighted by Crippen LogP contribution is 2.22. The fraction of sp³-hybridized carbons (Fsp3) is 0.208. The van der Waals surface area contributed by atoms with Crippen LogP contribution in [0.5, 0.6) is 0 Å². The number of carbonyl (C=O) groups is 1. The summed E-state index contributed by atoms with van der Waals surface area (Å²) in [5, 5.41) is 5.52. The van der Waals surface area contributed by atoms with E-state index in [0.717, 1.165) is 27.7 Å². The Hall–Kier alpha value is -3.49. The van der Waals surface area contributed by atoms with Gasteiger partial charge in [-0.25, -0.2) is 4.98 Å². The van der Waals surface area contributed by atoms with Gasteiger partial charge >= 0.3 is 0 Å². The molecular formula is C24H24N4O3S. The number of pyridine rings is 1. The molecule has 0 spiro atoms. The van der Waals surface area contributed by atoms with Crippen LogP contribution in [0, 0.1) is 0 Å². The summed E-state index contributed by atoms with van der Waals surface area (Å²) in [4.78, 5) is 34.5. The Bertz CT molecular complexity index is 1230. The van der Waals surface area contributed by atoms with Gasteiger partial charge in [-0.3, -0.25) is 14.5 Å². The molecule has 0 radical (unpaired) electrons. The number of aromatic amines is 1. The Kier molecular flexibility index (Phi) is 6.63. The quantitative estimate of drug-likeness (QED) is 0.421. The first kappa shape index (κ1) is 21.7. The van der Waals surface area contributed by atoms with Gasteiger partial charge in [-0.1, -0.05) is 30.3 Å². The lowest BCUT2D eigenvalue weighted by molar-refractivity contribution is 0.0949. The van der Waals surface area contributed by atoms with Crippen LogP contribution in [0.3, 0.4) is 0 Å². The molecule has 8 heteroatoms. The van der Waals surface area contributed by atoms with E-state index in [2.05, 4.69) is 20.2 Å². The van der Waals surface area contributed by atoms with Gasteiger partial charge in [-0.05, 0) is 38.2 Å². The molecule has 164 valence electrons. The van der Waals surface area contributed by atoms with Crippen molar-refractivity contribution in [2.24, 2.45) is 0 Å². The third-order valence-corrected chi connectivity index (χ3v) is 6.12. The molecule has 0 saturated carbocycles. The molecule has 3 aromatic heterocycles. The lowest BCUT2D eigenvalue weighted by atomic mass is 10.2. The van der Waals surface area contributed by atoms with Gasteiger partial charge in [0.15, 0.2) is 0 Å². The van der Waals surface area contributed by atoms with E-state index >= 15 is 0 Å². The third-order valence-electron chi connectivity index (χ3n) is 5.27. The molecule has 0 aliphatic carbocycles. The van der Waals surface area contributed by atoms with Gasteiger partial charge in [0.2, 0.25) is 0 Å². The summed E-state index contributed by atoms with van der Waals surface area (Å²) in [5.41, 5.74) is 2.29. The van der Waals surface area contributed by atoms with Gasteiger partial charge in [0.05, 0.1) is 24.5 Å². The number of thiazole rings is 1. The highest BCUT2D eigenvalue weighted by molar-refractivity contribution is 7.09. The molecule has 4 aromatic rings. The molecule has 0 saturated heterocycles. The molecular weight excluding hydrogens is 424 g/mol. The van der Waals surface area contributed by atoms with Crippen LogP contribution in [-0.2, 0) is 13.1 Å². The maximum absolute atomic E-state index is 12.5. The number of H-pyrrole nitrogens is 1. The van der Waals surface area contributed by atoms with Crippen LogP contribution in [0.15, 0.2) is 75.5 Å². The molecule has 4 rings (SSSR count). The zero-order chi connectivity index (χ0) is 22.5. The molecule has 0 fully saturated rings. The number of benzene rings is 1. The van der Waals surface area contributed by atoms with E-state index in [-0.39, 0.29) is 18.2 Å². The number of rotatable bonds is 8. The van der Waals surface area contributed by atoms with Gasteiger partial charge in [-0.2, -0.15) is 0 Å². The monoisotopic (exact) mass is 448 g/mol. The Morgan fingerprint density at radius 2 is 2.00 bits per heavy atom. The summed E-state index contributed by atoms with van der Waals surface area (Å²) in [6.07, 6.45) is 1.64. The van der Waals surface area contributed by atoms with Crippen molar-refractivity contribution in [1.82, 2.24) is 20.2 Å². The second kappa shape index (κ2) is 9.76. The fourth-order valence-corrected chi connectivity index (χ4v) is 4.07. The van der Waals surface area contributed by atoms with E-state index < -0.39 is 11.5 Å². The van der Waals surface area contributed by atoms with Gasteiger partial charge in [-0.15, -0.1) is 11.3 Å². The van der Waals surface area contributed by atoms with E-state index in [9.17, 15) is 9.59 Å². The zero-order valence-corrected chi connectivity index (χ0v) is 18.7. The number of carbonyl (C=O) groups excluding carboxylic acids is 1. The number of nitrogens with zero attached hydrogens (tertiary/aromatic N) is 2. The molecule has 2 N–H and O–H groups in total. The largest absolute Gasteiger partial charge is 0.468 e. The normalized spacial score (nSPS) is 12.1. The molecule has 1 atom stereocenters. The van der Waals surface area contributed by atoms with Crippen LogP contribution in [0.2, 0.25) is 0 Å². The summed E-state index contributed by atoms with van der Waals surface area (Å²) in [5.74, 6) is 0.426. The maximum Gasteiger partial charge on any atom is 0.261 e. The van der Waals surface area contributed by atoms with Gasteiger partial charge in [0.1, 0.15) is 16.3 Å². The number of amides is 1. The van der Waals surface area contributed by atoms with Crippen molar-refractivity contribution in [2.75, 3.05) is 7.05 Å². The summed E-state index contributed by atoms with van der Waals surface area (Å²) in [7, 11) is 1.95. The van der Waals surface area contributed by atoms with E-state index in [1.165, 1.54) is 11.3 Å². The first-order valence-electron chi connectivity index (χ1n) is 10.2. The van der Waals surface area contributed by atoms with E-state index in [1.807, 2.05) is 61.8 Å². The molecule has 0 unspecified atom stereocenters. The molecule has 32 heavy (non-hydrogen) atoms. The zero-order valence-electron chi connectivity index (χ0n) is 17.9. The highest BCUT2D eigenvalue weighted by Gasteiger charge is 2.16. The van der Waals surface area contributed by atoms with Crippen molar-refractivity contribution in [2.45, 2.75) is 26.1 Å². The van der Waals surface area contributed by atoms with Crippen molar-refractivity contribution in [3.63, 3.8) is 0 Å². The molecule has 0 aliphatic rings. The second-order valence-electron chi connectivity index (χ2n) is 7.51. The lowest BCUT2D eigenvalue weighted by Crippen LogP contribution is -2.30. The highest BCUT2D eigenvalue weighted by atomic mass is 32.1. The summed E-state index contributed by atoms with van der Waals surface area (Å²) < 4.78 is 5.45. The Morgan fingerprint density at radius 3 is 2.72 bits per heavy atom. The Morgan fingerprint density at radius 1 is 1.19 bits per heavy atom. The minimum absolute atomic E-state index is 0.0514. The van der Waals surface area contributed by atoms with Crippen LogP contribution < -0.4 is 10.9 Å². The van der Waals surface area contributed by atoms with Crippen molar-refractivity contribution in [3.8, 4) is 11.3 Å². The Labute approximate surface area is 189 Å². The predicted octanol–water partition coefficient (Wildman–Crippen LogP) is 4.21. The molecule has 1 amide bonds. The van der Waals surface area contributed by atoms with E-state index in [0.29, 0.717) is 6.54 Å². The topological polar surface area (TPSA) is 91.2 Å². The first-order valence-corrected chi connectivity index (χ1v) is 11.1. The third kappa shape index (κ3) is 5.04. The number of furan rings is 1. The van der Waals surface area contributed by atoms with Gasteiger partial charge < -0.3 is 14.7 Å². The van der Waals surface area contributed by atoms with Crippen molar-refractivity contribution >= 4 is 17.2 Å². The van der Waals surface area contributed by atoms with Crippen molar-refractivity contribution in [3.05, 3.63) is 98.6 Å². The summed E-state index contributed by atoms with van der Waals surface area (Å²) in [6.45, 7) is 2.81. The minimum atomic E-state index is -0.424. The standard InChI is InChI=1S/C24H24N4O3S/c1-16(21-9-6-12-31-21)28(2)14-18-10-11-19(24(30)26-18)23(29)25-13-22-27-20(15-32-22)17-7-4-3-5-8-17/h3-12,15-16H,13-14H2,1-2H3,(H,25,29)(H,26,30)/t16-/m0/s1. The van der Waals surface area contributed by atoms with E-state index in [4.69, 9.17) is 4.42 Å². The van der Waals surface area contributed by atoms with Crippen molar-refractivity contribution in [1.29, 1.82) is 0 Å². The minimum Gasteiger partial charge on any atom is -0.468 e. The summed E-state index contributed by atoms with van der Waals surface area (Å²) in [6, 6.07) is 17.0. The molecule has 7 nitrogen and oxygen atoms in total. The van der Waals surface area contributed by atoms with Crippen LogP contribution in [0.4, 0.5) is 0 Å². The number of aromatic nitrogens is 2. The SMILES string of the molecule is C[C@@H](c1ccco1)N(C)Cc1ccc(C(=O)NCc2nc(-c3ccccc3)cs2)c(=O)[nH]1. The predicted molar refractivity (Wildman–Crippen MR) is 124 cm³/mol. The van der Waals surface area contributed by atoms with Crippen LogP contribution >= 0.6 is 11.3 Å². The van der Waals surface area contributed by atoms with Crippen LogP contribution in [0.25, 0.3) is 11.3 Å². The molecule has 0 aliphatic heterocycles. The molecule has 1 aromatic carbocycles. The summed E-state index contributed by atoms with van der Waals surface area (Å²) >= 11 is 1.47. The number of nitrogens with one attached hydrogen (secondary N) is 2. The van der Waals surface area contributed by atoms with Gasteiger partial charge in [0.25, 0.3) is 11.5 Å². The average molecular weight is 449 g/mol. The molecule has 3 heterocycles. The first-order chi connectivity index (χ1) is 15.5. The maximum atomic E-state index is 12.5. The van der Waals surface area contributed by atoms with Crippen molar-refractivity contribution < 1.29 is 9.21 Å².